The highest BCUT2D eigenvalue weighted by molar-refractivity contribution is 5.92. The van der Waals surface area contributed by atoms with Crippen molar-refractivity contribution in [2.45, 2.75) is 32.8 Å². The highest BCUT2D eigenvalue weighted by Gasteiger charge is 2.15. The fraction of sp³-hybridized carbons (Fsp3) is 0.350. The van der Waals surface area contributed by atoms with E-state index < -0.39 is 12.1 Å². The number of phenols is 1. The first-order chi connectivity index (χ1) is 11.9. The maximum absolute atomic E-state index is 11.9. The largest absolute Gasteiger partial charge is 0.507 e. The van der Waals surface area contributed by atoms with Gasteiger partial charge in [-0.1, -0.05) is 38.1 Å². The third-order valence-electron chi connectivity index (χ3n) is 3.84. The highest BCUT2D eigenvalue weighted by atomic mass is 16.5. The summed E-state index contributed by atoms with van der Waals surface area (Å²) in [6.45, 7) is 5.93. The average molecular weight is 344 g/mol. The van der Waals surface area contributed by atoms with Crippen LogP contribution in [0.5, 0.6) is 11.5 Å². The van der Waals surface area contributed by atoms with Crippen LogP contribution in [-0.2, 0) is 4.74 Å². The van der Waals surface area contributed by atoms with E-state index >= 15 is 0 Å². The van der Waals surface area contributed by atoms with E-state index in [-0.39, 0.29) is 24.5 Å². The number of aliphatic hydroxyl groups excluding tert-OH is 1. The molecule has 2 aromatic carbocycles. The molecule has 1 atom stereocenters. The third-order valence-corrected chi connectivity index (χ3v) is 3.84. The summed E-state index contributed by atoms with van der Waals surface area (Å²) in [5.74, 6) is 0.249. The number of aromatic hydroxyl groups is 1. The van der Waals surface area contributed by atoms with Crippen molar-refractivity contribution in [1.29, 1.82) is 0 Å². The Bertz CT molecular complexity index is 724. The number of esters is 1. The van der Waals surface area contributed by atoms with Crippen LogP contribution in [0.25, 0.3) is 0 Å². The van der Waals surface area contributed by atoms with Crippen molar-refractivity contribution in [2.75, 3.05) is 13.2 Å². The maximum Gasteiger partial charge on any atom is 0.342 e. The number of ether oxygens (including phenoxy) is 2. The number of para-hydroxylation sites is 1. The predicted molar refractivity (Wildman–Crippen MR) is 95.2 cm³/mol. The maximum atomic E-state index is 11.9. The van der Waals surface area contributed by atoms with Crippen LogP contribution in [0, 0.1) is 6.92 Å². The smallest absolute Gasteiger partial charge is 0.342 e. The van der Waals surface area contributed by atoms with Gasteiger partial charge in [-0.2, -0.15) is 0 Å². The Hall–Kier alpha value is -2.53. The van der Waals surface area contributed by atoms with E-state index in [1.165, 1.54) is 12.1 Å². The number of benzene rings is 2. The predicted octanol–water partition coefficient (Wildman–Crippen LogP) is 3.42. The zero-order valence-electron chi connectivity index (χ0n) is 14.7. The van der Waals surface area contributed by atoms with Gasteiger partial charge in [0, 0.05) is 0 Å². The molecule has 0 saturated heterocycles. The molecule has 0 bridgehead atoms. The summed E-state index contributed by atoms with van der Waals surface area (Å²) in [5, 5.41) is 19.6. The average Bonchev–Trinajstić information content (AvgIpc) is 2.59. The lowest BCUT2D eigenvalue weighted by Crippen LogP contribution is -2.25. The number of rotatable bonds is 7. The number of hydrogen-bond acceptors (Lipinski definition) is 5. The summed E-state index contributed by atoms with van der Waals surface area (Å²) in [7, 11) is 0. The molecule has 2 aromatic rings. The molecule has 5 nitrogen and oxygen atoms in total. The molecule has 0 heterocycles. The molecular weight excluding hydrogens is 320 g/mol. The second kappa shape index (κ2) is 8.53. The molecule has 0 aromatic heterocycles. The topological polar surface area (TPSA) is 76.0 Å². The minimum absolute atomic E-state index is 0.0104. The molecule has 0 aliphatic heterocycles. The zero-order valence-corrected chi connectivity index (χ0v) is 14.7. The molecule has 0 aliphatic rings. The quantitative estimate of drug-likeness (QED) is 0.753. The van der Waals surface area contributed by atoms with Crippen molar-refractivity contribution >= 4 is 5.97 Å². The van der Waals surface area contributed by atoms with Gasteiger partial charge in [0.15, 0.2) is 0 Å². The number of aryl methyl sites for hydroxylation is 1. The van der Waals surface area contributed by atoms with Crippen LogP contribution in [0.3, 0.4) is 0 Å². The zero-order chi connectivity index (χ0) is 18.4. The van der Waals surface area contributed by atoms with Gasteiger partial charge in [-0.3, -0.25) is 0 Å². The van der Waals surface area contributed by atoms with Crippen LogP contribution in [0.4, 0.5) is 0 Å². The summed E-state index contributed by atoms with van der Waals surface area (Å²) in [5.41, 5.74) is 2.19. The molecule has 0 radical (unpaired) electrons. The Balaban J connectivity index is 1.87. The second-order valence-corrected chi connectivity index (χ2v) is 6.26. The van der Waals surface area contributed by atoms with E-state index in [0.29, 0.717) is 11.7 Å². The number of carbonyl (C=O) groups is 1. The van der Waals surface area contributed by atoms with Gasteiger partial charge in [0.05, 0.1) is 0 Å². The van der Waals surface area contributed by atoms with Crippen LogP contribution >= 0.6 is 0 Å². The first kappa shape index (κ1) is 18.8. The highest BCUT2D eigenvalue weighted by Crippen LogP contribution is 2.24. The van der Waals surface area contributed by atoms with E-state index in [1.54, 1.807) is 12.1 Å². The molecule has 25 heavy (non-hydrogen) atoms. The molecular formula is C20H24O5. The second-order valence-electron chi connectivity index (χ2n) is 6.26. The third kappa shape index (κ3) is 5.22. The van der Waals surface area contributed by atoms with Gasteiger partial charge in [-0.25, -0.2) is 4.79 Å². The minimum Gasteiger partial charge on any atom is -0.507 e. The molecule has 2 rings (SSSR count). The fourth-order valence-electron chi connectivity index (χ4n) is 2.26. The first-order valence-corrected chi connectivity index (χ1v) is 8.25. The Morgan fingerprint density at radius 3 is 2.52 bits per heavy atom. The van der Waals surface area contributed by atoms with Crippen molar-refractivity contribution in [3.63, 3.8) is 0 Å². The lowest BCUT2D eigenvalue weighted by molar-refractivity contribution is 0.0127. The molecule has 0 spiro atoms. The Morgan fingerprint density at radius 2 is 1.84 bits per heavy atom. The molecule has 0 saturated carbocycles. The summed E-state index contributed by atoms with van der Waals surface area (Å²) in [4.78, 5) is 11.9. The molecule has 0 aliphatic carbocycles. The fourth-order valence-corrected chi connectivity index (χ4v) is 2.26. The molecule has 134 valence electrons. The standard InChI is InChI=1S/C20H24O5/c1-13(2)15-9-8-14(3)19(10-15)24-11-16(21)12-25-20(23)17-6-4-5-7-18(17)22/h4-10,13,16,21-22H,11-12H2,1-3H3. The van der Waals surface area contributed by atoms with Crippen molar-refractivity contribution in [3.8, 4) is 11.5 Å². The van der Waals surface area contributed by atoms with Crippen molar-refractivity contribution in [3.05, 3.63) is 59.2 Å². The van der Waals surface area contributed by atoms with Gasteiger partial charge in [0.2, 0.25) is 0 Å². The molecule has 0 amide bonds. The summed E-state index contributed by atoms with van der Waals surface area (Å²) >= 11 is 0. The number of hydrogen-bond donors (Lipinski definition) is 2. The van der Waals surface area contributed by atoms with E-state index in [9.17, 15) is 15.0 Å². The summed E-state index contributed by atoms with van der Waals surface area (Å²) < 4.78 is 10.7. The van der Waals surface area contributed by atoms with Gasteiger partial charge in [0.25, 0.3) is 0 Å². The molecule has 0 fully saturated rings. The van der Waals surface area contributed by atoms with E-state index in [2.05, 4.69) is 19.9 Å². The Morgan fingerprint density at radius 1 is 1.12 bits per heavy atom. The first-order valence-electron chi connectivity index (χ1n) is 8.25. The normalized spacial score (nSPS) is 12.0. The molecule has 5 heteroatoms. The molecule has 1 unspecified atom stereocenters. The number of aliphatic hydroxyl groups is 1. The van der Waals surface area contributed by atoms with Gasteiger partial charge in [0.1, 0.15) is 36.4 Å². The van der Waals surface area contributed by atoms with E-state index in [4.69, 9.17) is 9.47 Å². The van der Waals surface area contributed by atoms with Crippen LogP contribution < -0.4 is 4.74 Å². The lowest BCUT2D eigenvalue weighted by atomic mass is 10.0. The number of carbonyl (C=O) groups excluding carboxylic acids is 1. The summed E-state index contributed by atoms with van der Waals surface area (Å²) in [6, 6.07) is 12.1. The van der Waals surface area contributed by atoms with Crippen LogP contribution in [0.15, 0.2) is 42.5 Å². The Kier molecular flexibility index (Phi) is 6.42. The van der Waals surface area contributed by atoms with E-state index in [0.717, 1.165) is 11.1 Å². The van der Waals surface area contributed by atoms with Crippen molar-refractivity contribution in [1.82, 2.24) is 0 Å². The summed E-state index contributed by atoms with van der Waals surface area (Å²) in [6.07, 6.45) is -0.961. The Labute approximate surface area is 147 Å². The van der Waals surface area contributed by atoms with Gasteiger partial charge >= 0.3 is 5.97 Å². The van der Waals surface area contributed by atoms with Crippen LogP contribution in [-0.4, -0.2) is 35.5 Å². The van der Waals surface area contributed by atoms with E-state index in [1.807, 2.05) is 19.1 Å². The lowest BCUT2D eigenvalue weighted by Gasteiger charge is -2.16. The van der Waals surface area contributed by atoms with Crippen LogP contribution in [0.2, 0.25) is 0 Å². The van der Waals surface area contributed by atoms with Crippen molar-refractivity contribution in [2.24, 2.45) is 0 Å². The number of phenolic OH excluding ortho intramolecular Hbond substituents is 1. The van der Waals surface area contributed by atoms with Gasteiger partial charge < -0.3 is 19.7 Å². The van der Waals surface area contributed by atoms with Crippen LogP contribution in [0.1, 0.15) is 41.3 Å². The van der Waals surface area contributed by atoms with Gasteiger partial charge in [-0.15, -0.1) is 0 Å². The van der Waals surface area contributed by atoms with Crippen molar-refractivity contribution < 1.29 is 24.5 Å². The minimum atomic E-state index is -0.961. The monoisotopic (exact) mass is 344 g/mol. The SMILES string of the molecule is Cc1ccc(C(C)C)cc1OCC(O)COC(=O)c1ccccc1O. The van der Waals surface area contributed by atoms with Gasteiger partial charge in [-0.05, 0) is 42.2 Å². The molecule has 2 N–H and O–H groups in total.